The molecule has 0 bridgehead atoms. The highest BCUT2D eigenvalue weighted by Crippen LogP contribution is 2.08. The van der Waals surface area contributed by atoms with Gasteiger partial charge in [0.05, 0.1) is 0 Å². The Kier molecular flexibility index (Phi) is 6.77. The number of hydrogen-bond acceptors (Lipinski definition) is 2. The summed E-state index contributed by atoms with van der Waals surface area (Å²) in [5, 5.41) is 11.8. The Labute approximate surface area is 120 Å². The van der Waals surface area contributed by atoms with Gasteiger partial charge in [0.25, 0.3) is 0 Å². The average Bonchev–Trinajstić information content (AvgIpc) is 2.44. The minimum atomic E-state index is -0.974. The van der Waals surface area contributed by atoms with Crippen molar-refractivity contribution in [3.05, 3.63) is 35.9 Å². The second kappa shape index (κ2) is 8.35. The Morgan fingerprint density at radius 3 is 2.45 bits per heavy atom. The lowest BCUT2D eigenvalue weighted by atomic mass is 10.0. The van der Waals surface area contributed by atoms with Gasteiger partial charge in [-0.25, -0.2) is 4.79 Å². The smallest absolute Gasteiger partial charge is 0.326 e. The van der Waals surface area contributed by atoms with Crippen molar-refractivity contribution in [3.63, 3.8) is 0 Å². The number of rotatable bonds is 8. The topological polar surface area (TPSA) is 66.4 Å². The highest BCUT2D eigenvalue weighted by molar-refractivity contribution is 5.83. The summed E-state index contributed by atoms with van der Waals surface area (Å²) in [6.07, 6.45) is 2.34. The number of amides is 1. The van der Waals surface area contributed by atoms with Crippen LogP contribution in [0.3, 0.4) is 0 Å². The maximum absolute atomic E-state index is 11.8. The van der Waals surface area contributed by atoms with Crippen molar-refractivity contribution in [2.45, 2.75) is 45.6 Å². The van der Waals surface area contributed by atoms with Crippen molar-refractivity contribution in [1.29, 1.82) is 0 Å². The third-order valence-electron chi connectivity index (χ3n) is 3.43. The van der Waals surface area contributed by atoms with E-state index in [2.05, 4.69) is 5.32 Å². The second-order valence-corrected chi connectivity index (χ2v) is 5.20. The Bertz CT molecular complexity index is 431. The molecule has 1 aromatic rings. The quantitative estimate of drug-likeness (QED) is 0.767. The summed E-state index contributed by atoms with van der Waals surface area (Å²) >= 11 is 0. The number of nitrogens with one attached hydrogen (secondary N) is 1. The maximum Gasteiger partial charge on any atom is 0.326 e. The van der Waals surface area contributed by atoms with Crippen LogP contribution in [0.5, 0.6) is 0 Å². The summed E-state index contributed by atoms with van der Waals surface area (Å²) in [6, 6.07) is 8.87. The molecule has 0 aliphatic carbocycles. The third kappa shape index (κ3) is 5.87. The molecule has 0 heterocycles. The fourth-order valence-corrected chi connectivity index (χ4v) is 1.93. The van der Waals surface area contributed by atoms with Gasteiger partial charge < -0.3 is 10.4 Å². The van der Waals surface area contributed by atoms with Crippen LogP contribution < -0.4 is 5.32 Å². The first kappa shape index (κ1) is 16.2. The van der Waals surface area contributed by atoms with Gasteiger partial charge in [0.2, 0.25) is 5.91 Å². The molecule has 0 aromatic heterocycles. The molecule has 4 nitrogen and oxygen atoms in total. The summed E-state index contributed by atoms with van der Waals surface area (Å²) < 4.78 is 0. The van der Waals surface area contributed by atoms with E-state index in [-0.39, 0.29) is 11.8 Å². The van der Waals surface area contributed by atoms with Gasteiger partial charge in [0.15, 0.2) is 0 Å². The van der Waals surface area contributed by atoms with Crippen molar-refractivity contribution in [3.8, 4) is 0 Å². The highest BCUT2D eigenvalue weighted by Gasteiger charge is 2.20. The molecule has 0 aliphatic heterocycles. The van der Waals surface area contributed by atoms with E-state index < -0.39 is 12.0 Å². The SMILES string of the molecule is CCC(C)CC(=O)N[C@@H](CCc1ccccc1)C(=O)O. The molecule has 0 spiro atoms. The summed E-state index contributed by atoms with van der Waals surface area (Å²) in [6.45, 7) is 4.00. The average molecular weight is 277 g/mol. The molecule has 1 rings (SSSR count). The number of carboxylic acids is 1. The minimum Gasteiger partial charge on any atom is -0.480 e. The monoisotopic (exact) mass is 277 g/mol. The van der Waals surface area contributed by atoms with Gasteiger partial charge >= 0.3 is 5.97 Å². The third-order valence-corrected chi connectivity index (χ3v) is 3.43. The van der Waals surface area contributed by atoms with Gasteiger partial charge in [-0.1, -0.05) is 50.6 Å². The largest absolute Gasteiger partial charge is 0.480 e. The van der Waals surface area contributed by atoms with Gasteiger partial charge in [-0.15, -0.1) is 0 Å². The van der Waals surface area contributed by atoms with Gasteiger partial charge in [-0.05, 0) is 24.3 Å². The van der Waals surface area contributed by atoms with E-state index in [9.17, 15) is 14.7 Å². The number of benzene rings is 1. The van der Waals surface area contributed by atoms with Crippen LogP contribution in [0.2, 0.25) is 0 Å². The van der Waals surface area contributed by atoms with Crippen LogP contribution in [0.15, 0.2) is 30.3 Å². The first-order chi connectivity index (χ1) is 9.52. The highest BCUT2D eigenvalue weighted by atomic mass is 16.4. The van der Waals surface area contributed by atoms with Gasteiger partial charge in [0.1, 0.15) is 6.04 Å². The molecule has 2 N–H and O–H groups in total. The lowest BCUT2D eigenvalue weighted by molar-refractivity contribution is -0.142. The predicted molar refractivity (Wildman–Crippen MR) is 78.4 cm³/mol. The Morgan fingerprint density at radius 2 is 1.90 bits per heavy atom. The molecule has 0 saturated heterocycles. The molecule has 1 amide bonds. The number of aliphatic carboxylic acids is 1. The van der Waals surface area contributed by atoms with Crippen LogP contribution in [-0.4, -0.2) is 23.0 Å². The van der Waals surface area contributed by atoms with Gasteiger partial charge in [-0.3, -0.25) is 4.79 Å². The zero-order chi connectivity index (χ0) is 15.0. The molecule has 4 heteroatoms. The molecule has 20 heavy (non-hydrogen) atoms. The maximum atomic E-state index is 11.8. The van der Waals surface area contributed by atoms with Crippen molar-refractivity contribution in [2.75, 3.05) is 0 Å². The molecule has 2 atom stereocenters. The Balaban J connectivity index is 2.48. The number of hydrogen-bond donors (Lipinski definition) is 2. The van der Waals surface area contributed by atoms with Crippen LogP contribution in [0.4, 0.5) is 0 Å². The molecular weight excluding hydrogens is 254 g/mol. The zero-order valence-corrected chi connectivity index (χ0v) is 12.1. The van der Waals surface area contributed by atoms with Crippen LogP contribution in [0.25, 0.3) is 0 Å². The molecule has 1 aromatic carbocycles. The van der Waals surface area contributed by atoms with Crippen LogP contribution >= 0.6 is 0 Å². The number of aryl methyl sites for hydroxylation is 1. The summed E-state index contributed by atoms with van der Waals surface area (Å²) in [7, 11) is 0. The van der Waals surface area contributed by atoms with Crippen molar-refractivity contribution in [2.24, 2.45) is 5.92 Å². The predicted octanol–water partition coefficient (Wildman–Crippen LogP) is 2.62. The number of carbonyl (C=O) groups is 2. The van der Waals surface area contributed by atoms with E-state index >= 15 is 0 Å². The van der Waals surface area contributed by atoms with Crippen LogP contribution in [0, 0.1) is 5.92 Å². The fourth-order valence-electron chi connectivity index (χ4n) is 1.93. The molecule has 0 radical (unpaired) electrons. The molecular formula is C16H23NO3. The molecule has 110 valence electrons. The first-order valence-electron chi connectivity index (χ1n) is 7.09. The lowest BCUT2D eigenvalue weighted by Crippen LogP contribution is -2.41. The Morgan fingerprint density at radius 1 is 1.25 bits per heavy atom. The second-order valence-electron chi connectivity index (χ2n) is 5.20. The van der Waals surface area contributed by atoms with E-state index in [1.165, 1.54) is 0 Å². The van der Waals surface area contributed by atoms with Crippen molar-refractivity contribution < 1.29 is 14.7 Å². The number of carboxylic acid groups (broad SMARTS) is 1. The van der Waals surface area contributed by atoms with Crippen molar-refractivity contribution >= 4 is 11.9 Å². The molecule has 0 fully saturated rings. The van der Waals surface area contributed by atoms with Gasteiger partial charge in [-0.2, -0.15) is 0 Å². The van der Waals surface area contributed by atoms with E-state index in [4.69, 9.17) is 0 Å². The number of carbonyl (C=O) groups excluding carboxylic acids is 1. The van der Waals surface area contributed by atoms with E-state index in [0.717, 1.165) is 12.0 Å². The Hall–Kier alpha value is -1.84. The first-order valence-corrected chi connectivity index (χ1v) is 7.09. The van der Waals surface area contributed by atoms with Gasteiger partial charge in [0, 0.05) is 6.42 Å². The lowest BCUT2D eigenvalue weighted by Gasteiger charge is -2.16. The van der Waals surface area contributed by atoms with Crippen LogP contribution in [0.1, 0.15) is 38.7 Å². The van der Waals surface area contributed by atoms with Crippen LogP contribution in [-0.2, 0) is 16.0 Å². The van der Waals surface area contributed by atoms with E-state index in [0.29, 0.717) is 19.3 Å². The standard InChI is InChI=1S/C16H23NO3/c1-3-12(2)11-15(18)17-14(16(19)20)10-9-13-7-5-4-6-8-13/h4-8,12,14H,3,9-11H2,1-2H3,(H,17,18)(H,19,20)/t12?,14-/m0/s1. The molecule has 0 saturated carbocycles. The fraction of sp³-hybridized carbons (Fsp3) is 0.500. The van der Waals surface area contributed by atoms with E-state index in [1.54, 1.807) is 0 Å². The van der Waals surface area contributed by atoms with E-state index in [1.807, 2.05) is 44.2 Å². The zero-order valence-electron chi connectivity index (χ0n) is 12.1. The molecule has 1 unspecified atom stereocenters. The summed E-state index contributed by atoms with van der Waals surface area (Å²) in [4.78, 5) is 23.0. The summed E-state index contributed by atoms with van der Waals surface area (Å²) in [5.74, 6) is -0.878. The van der Waals surface area contributed by atoms with Crippen molar-refractivity contribution in [1.82, 2.24) is 5.32 Å². The normalized spacial score (nSPS) is 13.5. The minimum absolute atomic E-state index is 0.181. The molecule has 0 aliphatic rings. The summed E-state index contributed by atoms with van der Waals surface area (Å²) in [5.41, 5.74) is 1.08.